The number of thioether (sulfide) groups is 1. The number of carboxylic acids is 1. The highest BCUT2D eigenvalue weighted by molar-refractivity contribution is 7.99. The second-order valence-corrected chi connectivity index (χ2v) is 6.27. The van der Waals surface area contributed by atoms with Crippen LogP contribution in [0.25, 0.3) is 0 Å². The quantitative estimate of drug-likeness (QED) is 0.813. The average Bonchev–Trinajstić information content (AvgIpc) is 2.42. The van der Waals surface area contributed by atoms with Crippen LogP contribution in [0.15, 0.2) is 24.3 Å². The Morgan fingerprint density at radius 1 is 1.47 bits per heavy atom. The number of carbonyl (C=O) groups is 1. The minimum Gasteiger partial charge on any atom is -0.481 e. The lowest BCUT2D eigenvalue weighted by Gasteiger charge is -2.32. The average molecular weight is 279 g/mol. The number of carboxylic acid groups (broad SMARTS) is 1. The van der Waals surface area contributed by atoms with E-state index in [1.165, 1.54) is 5.56 Å². The molecule has 0 radical (unpaired) electrons. The van der Waals surface area contributed by atoms with Crippen molar-refractivity contribution in [3.8, 4) is 0 Å². The smallest absolute Gasteiger partial charge is 0.312 e. The van der Waals surface area contributed by atoms with Crippen LogP contribution in [0.2, 0.25) is 0 Å². The Labute approximate surface area is 119 Å². The summed E-state index contributed by atoms with van der Waals surface area (Å²) < 4.78 is 0. The molecule has 0 saturated carbocycles. The van der Waals surface area contributed by atoms with Crippen LogP contribution < -0.4 is 0 Å². The van der Waals surface area contributed by atoms with Crippen LogP contribution in [0, 0.1) is 0 Å². The summed E-state index contributed by atoms with van der Waals surface area (Å²) in [5.41, 5.74) is 2.17. The summed E-state index contributed by atoms with van der Waals surface area (Å²) in [4.78, 5) is 13.7. The van der Waals surface area contributed by atoms with E-state index in [2.05, 4.69) is 17.9 Å². The first kappa shape index (κ1) is 14.4. The van der Waals surface area contributed by atoms with E-state index in [4.69, 9.17) is 0 Å². The number of rotatable bonds is 6. The van der Waals surface area contributed by atoms with E-state index in [0.29, 0.717) is 6.54 Å². The van der Waals surface area contributed by atoms with Gasteiger partial charge in [0.1, 0.15) is 0 Å². The molecule has 0 aromatic heterocycles. The van der Waals surface area contributed by atoms with Crippen LogP contribution in [0.3, 0.4) is 0 Å². The second-order valence-electron chi connectivity index (χ2n) is 4.88. The molecule has 1 aliphatic heterocycles. The predicted octanol–water partition coefficient (Wildman–Crippen LogP) is 2.81. The maximum Gasteiger partial charge on any atom is 0.312 e. The fourth-order valence-electron chi connectivity index (χ4n) is 2.60. The molecule has 1 N–H and O–H groups in total. The van der Waals surface area contributed by atoms with Crippen LogP contribution >= 0.6 is 11.8 Å². The molecule has 0 bridgehead atoms. The Balaban J connectivity index is 2.01. The van der Waals surface area contributed by atoms with Crippen LogP contribution in [-0.2, 0) is 11.3 Å². The van der Waals surface area contributed by atoms with Gasteiger partial charge in [0, 0.05) is 13.1 Å². The van der Waals surface area contributed by atoms with Crippen molar-refractivity contribution < 1.29 is 9.90 Å². The van der Waals surface area contributed by atoms with Crippen molar-refractivity contribution in [2.45, 2.75) is 25.8 Å². The molecule has 1 atom stereocenters. The Hall–Kier alpha value is -1.00. The van der Waals surface area contributed by atoms with Gasteiger partial charge in [0.2, 0.25) is 0 Å². The van der Waals surface area contributed by atoms with E-state index in [-0.39, 0.29) is 5.92 Å². The van der Waals surface area contributed by atoms with Gasteiger partial charge < -0.3 is 5.11 Å². The molecule has 1 unspecified atom stereocenters. The molecular weight excluding hydrogens is 258 g/mol. The summed E-state index contributed by atoms with van der Waals surface area (Å²) in [6.45, 7) is 4.69. The molecule has 19 heavy (non-hydrogen) atoms. The molecule has 1 aromatic rings. The maximum absolute atomic E-state index is 11.4. The van der Waals surface area contributed by atoms with Gasteiger partial charge in [-0.15, -0.1) is 0 Å². The third-order valence-electron chi connectivity index (χ3n) is 3.53. The van der Waals surface area contributed by atoms with Crippen molar-refractivity contribution in [2.75, 3.05) is 24.6 Å². The number of benzene rings is 1. The second kappa shape index (κ2) is 6.96. The normalized spacial score (nSPS) is 19.1. The molecule has 104 valence electrons. The van der Waals surface area contributed by atoms with Gasteiger partial charge in [-0.2, -0.15) is 11.8 Å². The highest BCUT2D eigenvalue weighted by Crippen LogP contribution is 2.28. The Morgan fingerprint density at radius 2 is 2.26 bits per heavy atom. The minimum atomic E-state index is -0.708. The van der Waals surface area contributed by atoms with E-state index < -0.39 is 5.97 Å². The standard InChI is InChI=1S/C15H21NO2S/c1-2-19-9-5-8-16-10-12-6-3-4-7-13(12)14(11-16)15(17)18/h3-4,6-7,14H,2,5,8-11H2,1H3,(H,17,18). The van der Waals surface area contributed by atoms with Crippen molar-refractivity contribution in [1.82, 2.24) is 4.90 Å². The third-order valence-corrected chi connectivity index (χ3v) is 4.52. The molecule has 4 heteroatoms. The third kappa shape index (κ3) is 3.74. The van der Waals surface area contributed by atoms with Crippen molar-refractivity contribution in [1.29, 1.82) is 0 Å². The highest BCUT2D eigenvalue weighted by Gasteiger charge is 2.29. The number of hydrogen-bond donors (Lipinski definition) is 1. The maximum atomic E-state index is 11.4. The Morgan fingerprint density at radius 3 is 3.00 bits per heavy atom. The summed E-state index contributed by atoms with van der Waals surface area (Å²) in [6, 6.07) is 7.94. The molecule has 0 fully saturated rings. The zero-order valence-electron chi connectivity index (χ0n) is 11.3. The summed E-state index contributed by atoms with van der Waals surface area (Å²) in [5, 5.41) is 9.38. The highest BCUT2D eigenvalue weighted by atomic mass is 32.2. The number of nitrogens with zero attached hydrogens (tertiary/aromatic N) is 1. The van der Waals surface area contributed by atoms with Gasteiger partial charge in [0.15, 0.2) is 0 Å². The first-order chi connectivity index (χ1) is 9.22. The summed E-state index contributed by atoms with van der Waals surface area (Å²) >= 11 is 1.95. The lowest BCUT2D eigenvalue weighted by molar-refractivity contribution is -0.139. The Kier molecular flexibility index (Phi) is 5.28. The van der Waals surface area contributed by atoms with Gasteiger partial charge in [-0.3, -0.25) is 9.69 Å². The number of aliphatic carboxylic acids is 1. The largest absolute Gasteiger partial charge is 0.481 e. The van der Waals surface area contributed by atoms with Gasteiger partial charge in [0.25, 0.3) is 0 Å². The number of fused-ring (bicyclic) bond motifs is 1. The van der Waals surface area contributed by atoms with E-state index in [1.54, 1.807) is 0 Å². The van der Waals surface area contributed by atoms with Gasteiger partial charge in [0.05, 0.1) is 5.92 Å². The molecule has 1 aromatic carbocycles. The first-order valence-electron chi connectivity index (χ1n) is 6.83. The van der Waals surface area contributed by atoms with Gasteiger partial charge >= 0.3 is 5.97 Å². The van der Waals surface area contributed by atoms with E-state index in [0.717, 1.165) is 36.6 Å². The summed E-state index contributed by atoms with van der Waals surface area (Å²) in [6.07, 6.45) is 1.13. The zero-order chi connectivity index (χ0) is 13.7. The zero-order valence-corrected chi connectivity index (χ0v) is 12.2. The molecular formula is C15H21NO2S. The van der Waals surface area contributed by atoms with Gasteiger partial charge in [-0.1, -0.05) is 31.2 Å². The fraction of sp³-hybridized carbons (Fsp3) is 0.533. The minimum absolute atomic E-state index is 0.372. The van der Waals surface area contributed by atoms with Crippen molar-refractivity contribution in [3.63, 3.8) is 0 Å². The SMILES string of the molecule is CCSCCCN1Cc2ccccc2C(C(=O)O)C1. The molecule has 0 aliphatic carbocycles. The van der Waals surface area contributed by atoms with E-state index in [1.807, 2.05) is 30.0 Å². The van der Waals surface area contributed by atoms with Crippen LogP contribution in [0.1, 0.15) is 30.4 Å². The summed E-state index contributed by atoms with van der Waals surface area (Å²) in [7, 11) is 0. The lowest BCUT2D eigenvalue weighted by atomic mass is 9.90. The van der Waals surface area contributed by atoms with Gasteiger partial charge in [-0.25, -0.2) is 0 Å². The van der Waals surface area contributed by atoms with Crippen LogP contribution in [-0.4, -0.2) is 40.6 Å². The molecule has 3 nitrogen and oxygen atoms in total. The Bertz CT molecular complexity index is 436. The topological polar surface area (TPSA) is 40.5 Å². The molecule has 1 aliphatic rings. The van der Waals surface area contributed by atoms with E-state index in [9.17, 15) is 9.90 Å². The fourth-order valence-corrected chi connectivity index (χ4v) is 3.22. The van der Waals surface area contributed by atoms with E-state index >= 15 is 0 Å². The number of hydrogen-bond acceptors (Lipinski definition) is 3. The first-order valence-corrected chi connectivity index (χ1v) is 7.98. The van der Waals surface area contributed by atoms with Crippen molar-refractivity contribution >= 4 is 17.7 Å². The molecule has 0 saturated heterocycles. The van der Waals surface area contributed by atoms with Crippen LogP contribution in [0.4, 0.5) is 0 Å². The van der Waals surface area contributed by atoms with Crippen molar-refractivity contribution in [2.24, 2.45) is 0 Å². The molecule has 0 spiro atoms. The molecule has 0 amide bonds. The molecule has 1 heterocycles. The predicted molar refractivity (Wildman–Crippen MR) is 79.7 cm³/mol. The van der Waals surface area contributed by atoms with Crippen LogP contribution in [0.5, 0.6) is 0 Å². The lowest BCUT2D eigenvalue weighted by Crippen LogP contribution is -2.37. The summed E-state index contributed by atoms with van der Waals surface area (Å²) in [5.74, 6) is 1.23. The van der Waals surface area contributed by atoms with Crippen molar-refractivity contribution in [3.05, 3.63) is 35.4 Å². The molecule has 2 rings (SSSR count). The monoisotopic (exact) mass is 279 g/mol. The van der Waals surface area contributed by atoms with Gasteiger partial charge in [-0.05, 0) is 35.6 Å².